The maximum absolute atomic E-state index is 11.7. The van der Waals surface area contributed by atoms with Gasteiger partial charge in [-0.3, -0.25) is 4.79 Å². The van der Waals surface area contributed by atoms with Crippen LogP contribution in [0.4, 0.5) is 0 Å². The molecule has 0 radical (unpaired) electrons. The summed E-state index contributed by atoms with van der Waals surface area (Å²) in [5.41, 5.74) is 0. The summed E-state index contributed by atoms with van der Waals surface area (Å²) in [5.74, 6) is 0.209. The second kappa shape index (κ2) is 5.97. The number of likely N-dealkylation sites (N-methyl/N-ethyl adjacent to an activating group) is 1. The van der Waals surface area contributed by atoms with Gasteiger partial charge >= 0.3 is 0 Å². The van der Waals surface area contributed by atoms with Crippen molar-refractivity contribution in [3.05, 3.63) is 0 Å². The highest BCUT2D eigenvalue weighted by Gasteiger charge is 2.21. The quantitative estimate of drug-likeness (QED) is 0.704. The van der Waals surface area contributed by atoms with E-state index < -0.39 is 0 Å². The van der Waals surface area contributed by atoms with Crippen molar-refractivity contribution in [2.75, 3.05) is 13.2 Å². The van der Waals surface area contributed by atoms with Gasteiger partial charge in [-0.2, -0.15) is 0 Å². The lowest BCUT2D eigenvalue weighted by molar-refractivity contribution is -0.137. The average molecular weight is 187 g/mol. The molecule has 0 rings (SSSR count). The van der Waals surface area contributed by atoms with Crippen LogP contribution in [0.3, 0.4) is 0 Å². The molecule has 3 heteroatoms. The predicted molar refractivity (Wildman–Crippen MR) is 53.4 cm³/mol. The number of hydrogen-bond acceptors (Lipinski definition) is 2. The first-order valence-corrected chi connectivity index (χ1v) is 4.99. The van der Waals surface area contributed by atoms with Crippen LogP contribution in [0.25, 0.3) is 0 Å². The molecule has 0 unspecified atom stereocenters. The van der Waals surface area contributed by atoms with Gasteiger partial charge in [-0.15, -0.1) is 0 Å². The van der Waals surface area contributed by atoms with Gasteiger partial charge in [0.2, 0.25) is 5.91 Å². The molecule has 0 saturated carbocycles. The van der Waals surface area contributed by atoms with E-state index in [0.717, 1.165) is 6.42 Å². The lowest BCUT2D eigenvalue weighted by Crippen LogP contribution is -2.43. The van der Waals surface area contributed by atoms with Gasteiger partial charge in [-0.1, -0.05) is 13.8 Å². The third kappa shape index (κ3) is 3.35. The monoisotopic (exact) mass is 187 g/mol. The molecule has 0 aromatic heterocycles. The molecule has 2 atom stereocenters. The maximum Gasteiger partial charge on any atom is 0.225 e. The summed E-state index contributed by atoms with van der Waals surface area (Å²) < 4.78 is 0. The molecule has 0 heterocycles. The van der Waals surface area contributed by atoms with E-state index in [1.807, 2.05) is 27.7 Å². The standard InChI is InChI=1S/C10H21NO2/c1-5-8(3)10(13)11(6-2)9(4)7-12/h8-9,12H,5-7H2,1-4H3/t8-,9+/m1/s1. The van der Waals surface area contributed by atoms with Crippen LogP contribution in [0.15, 0.2) is 0 Å². The zero-order valence-corrected chi connectivity index (χ0v) is 9.08. The maximum atomic E-state index is 11.7. The summed E-state index contributed by atoms with van der Waals surface area (Å²) in [6.45, 7) is 8.44. The Morgan fingerprint density at radius 1 is 1.38 bits per heavy atom. The number of amides is 1. The molecular weight excluding hydrogens is 166 g/mol. The Hall–Kier alpha value is -0.570. The fraction of sp³-hybridized carbons (Fsp3) is 0.900. The Morgan fingerprint density at radius 2 is 1.92 bits per heavy atom. The van der Waals surface area contributed by atoms with Crippen LogP contribution < -0.4 is 0 Å². The Bertz CT molecular complexity index is 159. The summed E-state index contributed by atoms with van der Waals surface area (Å²) in [6, 6.07) is -0.0634. The van der Waals surface area contributed by atoms with Crippen molar-refractivity contribution < 1.29 is 9.90 Å². The fourth-order valence-electron chi connectivity index (χ4n) is 1.24. The normalized spacial score (nSPS) is 15.2. The van der Waals surface area contributed by atoms with Gasteiger partial charge in [0.05, 0.1) is 12.6 Å². The SMILES string of the molecule is CC[C@@H](C)C(=O)N(CC)[C@@H](C)CO. The number of aliphatic hydroxyl groups excluding tert-OH is 1. The molecule has 0 bridgehead atoms. The van der Waals surface area contributed by atoms with Crippen LogP contribution in [0.2, 0.25) is 0 Å². The molecule has 1 N–H and O–H groups in total. The molecule has 3 nitrogen and oxygen atoms in total. The molecule has 0 saturated heterocycles. The number of aliphatic hydroxyl groups is 1. The molecule has 0 aliphatic carbocycles. The third-order valence-electron chi connectivity index (χ3n) is 2.45. The number of hydrogen-bond donors (Lipinski definition) is 1. The number of carbonyl (C=O) groups excluding carboxylic acids is 1. The minimum atomic E-state index is -0.0634. The van der Waals surface area contributed by atoms with E-state index in [-0.39, 0.29) is 24.5 Å². The first-order chi connectivity index (χ1) is 6.08. The molecule has 0 aromatic rings. The van der Waals surface area contributed by atoms with Gasteiger partial charge in [0.1, 0.15) is 0 Å². The molecule has 0 fully saturated rings. The summed E-state index contributed by atoms with van der Waals surface area (Å²) >= 11 is 0. The van der Waals surface area contributed by atoms with Crippen molar-refractivity contribution >= 4 is 5.91 Å². The van der Waals surface area contributed by atoms with Crippen LogP contribution in [0.5, 0.6) is 0 Å². The van der Waals surface area contributed by atoms with E-state index >= 15 is 0 Å². The summed E-state index contributed by atoms with van der Waals surface area (Å²) in [5, 5.41) is 8.95. The van der Waals surface area contributed by atoms with Crippen LogP contribution >= 0.6 is 0 Å². The summed E-state index contributed by atoms with van der Waals surface area (Å²) in [4.78, 5) is 13.5. The molecule has 0 spiro atoms. The summed E-state index contributed by atoms with van der Waals surface area (Å²) in [6.07, 6.45) is 0.855. The number of nitrogens with zero attached hydrogens (tertiary/aromatic N) is 1. The second-order valence-electron chi connectivity index (χ2n) is 3.47. The van der Waals surface area contributed by atoms with Gasteiger partial charge in [0.15, 0.2) is 0 Å². The Morgan fingerprint density at radius 3 is 2.23 bits per heavy atom. The van der Waals surface area contributed by atoms with Crippen molar-refractivity contribution in [3.63, 3.8) is 0 Å². The predicted octanol–water partition coefficient (Wildman–Crippen LogP) is 1.26. The van der Waals surface area contributed by atoms with Crippen molar-refractivity contribution in [1.82, 2.24) is 4.90 Å². The zero-order valence-electron chi connectivity index (χ0n) is 9.08. The topological polar surface area (TPSA) is 40.5 Å². The molecule has 78 valence electrons. The second-order valence-corrected chi connectivity index (χ2v) is 3.47. The lowest BCUT2D eigenvalue weighted by atomic mass is 10.1. The van der Waals surface area contributed by atoms with Crippen molar-refractivity contribution in [2.24, 2.45) is 5.92 Å². The van der Waals surface area contributed by atoms with Crippen LogP contribution in [0.1, 0.15) is 34.1 Å². The molecule has 0 aliphatic rings. The van der Waals surface area contributed by atoms with Crippen molar-refractivity contribution in [3.8, 4) is 0 Å². The van der Waals surface area contributed by atoms with E-state index in [2.05, 4.69) is 0 Å². The highest BCUT2D eigenvalue weighted by Crippen LogP contribution is 2.09. The van der Waals surface area contributed by atoms with E-state index in [1.165, 1.54) is 0 Å². The number of carbonyl (C=O) groups is 1. The lowest BCUT2D eigenvalue weighted by Gasteiger charge is -2.28. The van der Waals surface area contributed by atoms with Gasteiger partial charge in [0.25, 0.3) is 0 Å². The fourth-order valence-corrected chi connectivity index (χ4v) is 1.24. The largest absolute Gasteiger partial charge is 0.394 e. The Balaban J connectivity index is 4.31. The van der Waals surface area contributed by atoms with Crippen molar-refractivity contribution in [2.45, 2.75) is 40.2 Å². The van der Waals surface area contributed by atoms with E-state index in [9.17, 15) is 4.79 Å². The Kier molecular flexibility index (Phi) is 5.71. The van der Waals surface area contributed by atoms with E-state index in [4.69, 9.17) is 5.11 Å². The van der Waals surface area contributed by atoms with Gasteiger partial charge in [0, 0.05) is 12.5 Å². The van der Waals surface area contributed by atoms with Gasteiger partial charge in [-0.05, 0) is 20.3 Å². The minimum Gasteiger partial charge on any atom is -0.394 e. The molecule has 1 amide bonds. The molecule has 0 aliphatic heterocycles. The van der Waals surface area contributed by atoms with Crippen LogP contribution in [0, 0.1) is 5.92 Å². The van der Waals surface area contributed by atoms with E-state index in [0.29, 0.717) is 6.54 Å². The first kappa shape index (κ1) is 12.4. The summed E-state index contributed by atoms with van der Waals surface area (Å²) in [7, 11) is 0. The average Bonchev–Trinajstić information content (AvgIpc) is 2.17. The molecule has 0 aromatic carbocycles. The van der Waals surface area contributed by atoms with Gasteiger partial charge < -0.3 is 10.0 Å². The third-order valence-corrected chi connectivity index (χ3v) is 2.45. The molecular formula is C10H21NO2. The van der Waals surface area contributed by atoms with E-state index in [1.54, 1.807) is 4.90 Å². The van der Waals surface area contributed by atoms with Crippen LogP contribution in [-0.2, 0) is 4.79 Å². The highest BCUT2D eigenvalue weighted by atomic mass is 16.3. The van der Waals surface area contributed by atoms with Crippen molar-refractivity contribution in [1.29, 1.82) is 0 Å². The Labute approximate surface area is 80.7 Å². The van der Waals surface area contributed by atoms with Crippen LogP contribution in [-0.4, -0.2) is 35.1 Å². The first-order valence-electron chi connectivity index (χ1n) is 4.99. The smallest absolute Gasteiger partial charge is 0.225 e. The number of rotatable bonds is 5. The van der Waals surface area contributed by atoms with Gasteiger partial charge in [-0.25, -0.2) is 0 Å². The molecule has 13 heavy (non-hydrogen) atoms. The zero-order chi connectivity index (χ0) is 10.4. The highest BCUT2D eigenvalue weighted by molar-refractivity contribution is 5.78. The minimum absolute atomic E-state index is 0.0377.